The summed E-state index contributed by atoms with van der Waals surface area (Å²) in [4.78, 5) is 12.3. The number of anilines is 1. The van der Waals surface area contributed by atoms with Gasteiger partial charge in [-0.2, -0.15) is 0 Å². The number of hydrogen-bond acceptors (Lipinski definition) is 2. The molecular formula is C10H9BrFNOS. The Hall–Kier alpha value is -0.550. The highest BCUT2D eigenvalue weighted by atomic mass is 79.9. The first-order valence-electron chi connectivity index (χ1n) is 4.52. The van der Waals surface area contributed by atoms with Crippen molar-refractivity contribution in [3.63, 3.8) is 0 Å². The third-order valence-electron chi connectivity index (χ3n) is 2.10. The topological polar surface area (TPSA) is 29.1 Å². The molecule has 0 spiro atoms. The molecule has 2 rings (SSSR count). The van der Waals surface area contributed by atoms with Crippen LogP contribution in [0.3, 0.4) is 0 Å². The molecule has 0 aromatic heterocycles. The van der Waals surface area contributed by atoms with Gasteiger partial charge < -0.3 is 5.32 Å². The smallest absolute Gasteiger partial charge is 0.225 e. The summed E-state index contributed by atoms with van der Waals surface area (Å²) < 4.78 is 13.7. The Morgan fingerprint density at radius 3 is 3.07 bits per heavy atom. The fraction of sp³-hybridized carbons (Fsp3) is 0.300. The van der Waals surface area contributed by atoms with E-state index in [4.69, 9.17) is 0 Å². The van der Waals surface area contributed by atoms with Crippen LogP contribution in [-0.2, 0) is 4.79 Å². The normalized spacial score (nSPS) is 20.5. The van der Waals surface area contributed by atoms with Crippen molar-refractivity contribution in [2.24, 2.45) is 0 Å². The average Bonchev–Trinajstić information content (AvgIpc) is 2.24. The number of carbonyl (C=O) groups is 1. The van der Waals surface area contributed by atoms with Gasteiger partial charge in [-0.25, -0.2) is 4.39 Å². The molecule has 1 aliphatic rings. The lowest BCUT2D eigenvalue weighted by Crippen LogP contribution is -2.13. The zero-order valence-electron chi connectivity index (χ0n) is 8.01. The molecule has 1 unspecified atom stereocenters. The molecule has 0 bridgehead atoms. The van der Waals surface area contributed by atoms with Gasteiger partial charge in [0.05, 0.1) is 10.2 Å². The number of nitrogens with one attached hydrogen (secondary N) is 1. The van der Waals surface area contributed by atoms with Gasteiger partial charge in [-0.3, -0.25) is 4.79 Å². The van der Waals surface area contributed by atoms with E-state index in [-0.39, 0.29) is 17.0 Å². The third kappa shape index (κ3) is 2.34. The lowest BCUT2D eigenvalue weighted by molar-refractivity contribution is -0.116. The van der Waals surface area contributed by atoms with Crippen molar-refractivity contribution < 1.29 is 9.18 Å². The van der Waals surface area contributed by atoms with Gasteiger partial charge in [0.2, 0.25) is 5.91 Å². The van der Waals surface area contributed by atoms with Crippen LogP contribution >= 0.6 is 27.7 Å². The third-order valence-corrected chi connectivity index (χ3v) is 3.87. The molecule has 2 nitrogen and oxygen atoms in total. The molecular weight excluding hydrogens is 281 g/mol. The van der Waals surface area contributed by atoms with Crippen LogP contribution in [0.1, 0.15) is 13.3 Å². The molecule has 0 saturated heterocycles. The first kappa shape index (κ1) is 11.0. The van der Waals surface area contributed by atoms with Gasteiger partial charge in [0, 0.05) is 16.6 Å². The Morgan fingerprint density at radius 1 is 1.60 bits per heavy atom. The van der Waals surface area contributed by atoms with Gasteiger partial charge in [-0.05, 0) is 28.1 Å². The predicted molar refractivity (Wildman–Crippen MR) is 62.7 cm³/mol. The molecule has 0 saturated carbocycles. The van der Waals surface area contributed by atoms with Crippen LogP contribution in [-0.4, -0.2) is 11.2 Å². The fourth-order valence-corrected chi connectivity index (χ4v) is 3.03. The van der Waals surface area contributed by atoms with Crippen molar-refractivity contribution in [1.82, 2.24) is 0 Å². The summed E-state index contributed by atoms with van der Waals surface area (Å²) in [6.45, 7) is 1.98. The maximum atomic E-state index is 13.3. The van der Waals surface area contributed by atoms with E-state index in [1.165, 1.54) is 6.07 Å². The molecule has 0 aliphatic carbocycles. The molecule has 1 N–H and O–H groups in total. The largest absolute Gasteiger partial charge is 0.325 e. The van der Waals surface area contributed by atoms with Gasteiger partial charge >= 0.3 is 0 Å². The second-order valence-corrected chi connectivity index (χ2v) is 5.78. The highest BCUT2D eigenvalue weighted by molar-refractivity contribution is 9.10. The quantitative estimate of drug-likeness (QED) is 0.793. The number of fused-ring (bicyclic) bond motifs is 1. The van der Waals surface area contributed by atoms with Crippen LogP contribution < -0.4 is 5.32 Å². The Balaban J connectivity index is 2.46. The van der Waals surface area contributed by atoms with Gasteiger partial charge in [0.25, 0.3) is 0 Å². The minimum Gasteiger partial charge on any atom is -0.325 e. The van der Waals surface area contributed by atoms with E-state index in [0.717, 1.165) is 4.90 Å². The molecule has 1 atom stereocenters. The summed E-state index contributed by atoms with van der Waals surface area (Å²) in [6, 6.07) is 3.06. The minimum absolute atomic E-state index is 0.0597. The molecule has 1 aliphatic heterocycles. The zero-order chi connectivity index (χ0) is 11.0. The molecule has 5 heteroatoms. The number of amides is 1. The Bertz CT molecular complexity index is 424. The van der Waals surface area contributed by atoms with E-state index in [9.17, 15) is 9.18 Å². The molecule has 1 aromatic carbocycles. The van der Waals surface area contributed by atoms with Crippen molar-refractivity contribution in [1.29, 1.82) is 0 Å². The first-order valence-corrected chi connectivity index (χ1v) is 6.19. The second kappa shape index (κ2) is 4.14. The van der Waals surface area contributed by atoms with Gasteiger partial charge in [-0.1, -0.05) is 6.92 Å². The van der Waals surface area contributed by atoms with Crippen LogP contribution in [0.4, 0.5) is 10.1 Å². The standard InChI is InChI=1S/C10H9BrFNOS/c1-5-2-10(14)13-8-4-7(12)6(11)3-9(8)15-5/h3-5H,2H2,1H3,(H,13,14). The molecule has 1 amide bonds. The summed E-state index contributed by atoms with van der Waals surface area (Å²) >= 11 is 4.71. The van der Waals surface area contributed by atoms with E-state index < -0.39 is 0 Å². The van der Waals surface area contributed by atoms with Crippen LogP contribution in [0.2, 0.25) is 0 Å². The fourth-order valence-electron chi connectivity index (χ4n) is 1.44. The zero-order valence-corrected chi connectivity index (χ0v) is 10.4. The maximum absolute atomic E-state index is 13.3. The maximum Gasteiger partial charge on any atom is 0.225 e. The molecule has 80 valence electrons. The number of rotatable bonds is 0. The molecule has 15 heavy (non-hydrogen) atoms. The number of carbonyl (C=O) groups excluding carboxylic acids is 1. The lowest BCUT2D eigenvalue weighted by Gasteiger charge is -2.08. The van der Waals surface area contributed by atoms with E-state index >= 15 is 0 Å². The van der Waals surface area contributed by atoms with E-state index in [1.54, 1.807) is 17.8 Å². The van der Waals surface area contributed by atoms with Crippen molar-refractivity contribution in [3.8, 4) is 0 Å². The number of halogens is 2. The molecule has 1 heterocycles. The minimum atomic E-state index is -0.357. The first-order chi connectivity index (χ1) is 7.06. The van der Waals surface area contributed by atoms with Crippen LogP contribution in [0.5, 0.6) is 0 Å². The Kier molecular flexibility index (Phi) is 3.02. The highest BCUT2D eigenvalue weighted by Crippen LogP contribution is 2.37. The van der Waals surface area contributed by atoms with Gasteiger partial charge in [0.1, 0.15) is 5.82 Å². The van der Waals surface area contributed by atoms with Crippen molar-refractivity contribution in [2.45, 2.75) is 23.5 Å². The van der Waals surface area contributed by atoms with Crippen LogP contribution in [0, 0.1) is 5.82 Å². The summed E-state index contributed by atoms with van der Waals surface area (Å²) in [5.41, 5.74) is 0.565. The lowest BCUT2D eigenvalue weighted by atomic mass is 10.3. The predicted octanol–water partition coefficient (Wildman–Crippen LogP) is 3.41. The number of thioether (sulfide) groups is 1. The SMILES string of the molecule is CC1CC(=O)Nc2cc(F)c(Br)cc2S1. The highest BCUT2D eigenvalue weighted by Gasteiger charge is 2.20. The average molecular weight is 290 g/mol. The molecule has 0 radical (unpaired) electrons. The number of hydrogen-bond donors (Lipinski definition) is 1. The molecule has 1 aromatic rings. The van der Waals surface area contributed by atoms with E-state index in [1.807, 2.05) is 6.92 Å². The summed E-state index contributed by atoms with van der Waals surface area (Å²) in [6.07, 6.45) is 0.457. The van der Waals surface area contributed by atoms with Gasteiger partial charge in [0.15, 0.2) is 0 Å². The van der Waals surface area contributed by atoms with Crippen molar-refractivity contribution in [3.05, 3.63) is 22.4 Å². The van der Waals surface area contributed by atoms with E-state index in [2.05, 4.69) is 21.2 Å². The monoisotopic (exact) mass is 289 g/mol. The number of benzene rings is 1. The Morgan fingerprint density at radius 2 is 2.33 bits per heavy atom. The second-order valence-electron chi connectivity index (χ2n) is 3.44. The summed E-state index contributed by atoms with van der Waals surface area (Å²) in [5, 5.41) is 2.91. The van der Waals surface area contributed by atoms with Crippen molar-refractivity contribution in [2.75, 3.05) is 5.32 Å². The van der Waals surface area contributed by atoms with E-state index in [0.29, 0.717) is 16.6 Å². The van der Waals surface area contributed by atoms with Gasteiger partial charge in [-0.15, -0.1) is 11.8 Å². The van der Waals surface area contributed by atoms with Crippen LogP contribution in [0.15, 0.2) is 21.5 Å². The van der Waals surface area contributed by atoms with Crippen molar-refractivity contribution >= 4 is 39.3 Å². The summed E-state index contributed by atoms with van der Waals surface area (Å²) in [7, 11) is 0. The summed E-state index contributed by atoms with van der Waals surface area (Å²) in [5.74, 6) is -0.417. The molecule has 0 fully saturated rings. The Labute approximate surface area is 99.8 Å². The van der Waals surface area contributed by atoms with Crippen LogP contribution in [0.25, 0.3) is 0 Å².